The van der Waals surface area contributed by atoms with Crippen molar-refractivity contribution < 1.29 is 0 Å². The predicted molar refractivity (Wildman–Crippen MR) is 232 cm³/mol. The van der Waals surface area contributed by atoms with Crippen molar-refractivity contribution in [3.05, 3.63) is 193 Å². The highest BCUT2D eigenvalue weighted by Gasteiger charge is 2.37. The van der Waals surface area contributed by atoms with E-state index in [0.717, 1.165) is 28.4 Å². The molecule has 0 amide bonds. The van der Waals surface area contributed by atoms with Gasteiger partial charge in [0.1, 0.15) is 0 Å². The van der Waals surface area contributed by atoms with Gasteiger partial charge in [-0.05, 0) is 140 Å². The van der Waals surface area contributed by atoms with Gasteiger partial charge in [-0.25, -0.2) is 0 Å². The summed E-state index contributed by atoms with van der Waals surface area (Å²) in [7, 11) is 0. The molecule has 1 aliphatic carbocycles. The van der Waals surface area contributed by atoms with Gasteiger partial charge in [-0.1, -0.05) is 137 Å². The van der Waals surface area contributed by atoms with Crippen LogP contribution in [0.15, 0.2) is 182 Å². The fourth-order valence-corrected chi connectivity index (χ4v) is 8.42. The van der Waals surface area contributed by atoms with Crippen LogP contribution in [0, 0.1) is 0 Å². The van der Waals surface area contributed by atoms with E-state index in [9.17, 15) is 0 Å². The average Bonchev–Trinajstić information content (AvgIpc) is 3.21. The van der Waals surface area contributed by atoms with Crippen LogP contribution in [0.3, 0.4) is 0 Å². The van der Waals surface area contributed by atoms with Crippen molar-refractivity contribution in [2.24, 2.45) is 0 Å². The lowest BCUT2D eigenvalue weighted by Crippen LogP contribution is -2.34. The van der Waals surface area contributed by atoms with Gasteiger partial charge in [0, 0.05) is 34.1 Å². The van der Waals surface area contributed by atoms with Crippen LogP contribution in [0.1, 0.15) is 51.7 Å². The molecule has 8 aromatic carbocycles. The zero-order chi connectivity index (χ0) is 36.9. The Morgan fingerprint density at radius 3 is 1.20 bits per heavy atom. The molecule has 54 heavy (non-hydrogen) atoms. The maximum atomic E-state index is 2.46. The molecule has 0 unspecified atom stereocenters. The molecule has 8 aromatic rings. The van der Waals surface area contributed by atoms with Gasteiger partial charge in [0.15, 0.2) is 0 Å². The lowest BCUT2D eigenvalue weighted by atomic mass is 9.63. The summed E-state index contributed by atoms with van der Waals surface area (Å²) in [6.07, 6.45) is 2.39. The Balaban J connectivity index is 1.08. The maximum Gasteiger partial charge on any atom is 0.0468 e. The first-order valence-electron chi connectivity index (χ1n) is 19.2. The third kappa shape index (κ3) is 6.22. The summed E-state index contributed by atoms with van der Waals surface area (Å²) in [6.45, 7) is 9.61. The SMILES string of the molecule is CC1(C)CCC(C)(C)c2cc(N(c3ccc(-c4ccc(N(c5ccccc5)c5ccc6ccccc6c5)cc4)cc3)c3ccc4ccccc4c3)ccc21. The first-order chi connectivity index (χ1) is 26.2. The van der Waals surface area contributed by atoms with E-state index >= 15 is 0 Å². The molecular weight excluding hydrogens is 653 g/mol. The number of nitrogens with zero attached hydrogens (tertiary/aromatic N) is 2. The second-order valence-electron chi connectivity index (χ2n) is 16.2. The molecule has 0 aliphatic heterocycles. The van der Waals surface area contributed by atoms with Crippen LogP contribution in [0.25, 0.3) is 32.7 Å². The van der Waals surface area contributed by atoms with E-state index in [1.807, 2.05) is 0 Å². The van der Waals surface area contributed by atoms with E-state index in [0.29, 0.717) is 0 Å². The lowest BCUT2D eigenvalue weighted by molar-refractivity contribution is 0.332. The summed E-state index contributed by atoms with van der Waals surface area (Å²) in [5, 5.41) is 4.96. The molecule has 0 radical (unpaired) electrons. The Kier molecular flexibility index (Phi) is 8.35. The second kappa shape index (κ2) is 13.4. The van der Waals surface area contributed by atoms with Crippen molar-refractivity contribution in [3.63, 3.8) is 0 Å². The number of hydrogen-bond donors (Lipinski definition) is 0. The predicted octanol–water partition coefficient (Wildman–Crippen LogP) is 14.9. The Hall–Kier alpha value is -6.12. The van der Waals surface area contributed by atoms with Crippen LogP contribution < -0.4 is 9.80 Å². The molecule has 0 fully saturated rings. The Morgan fingerprint density at radius 2 is 0.685 bits per heavy atom. The van der Waals surface area contributed by atoms with E-state index in [1.54, 1.807) is 0 Å². The number of rotatable bonds is 7. The van der Waals surface area contributed by atoms with Crippen molar-refractivity contribution in [2.75, 3.05) is 9.80 Å². The van der Waals surface area contributed by atoms with E-state index in [4.69, 9.17) is 0 Å². The van der Waals surface area contributed by atoms with Gasteiger partial charge in [0.05, 0.1) is 0 Å². The minimum atomic E-state index is 0.121. The lowest BCUT2D eigenvalue weighted by Gasteiger charge is -2.42. The number of fused-ring (bicyclic) bond motifs is 3. The van der Waals surface area contributed by atoms with E-state index < -0.39 is 0 Å². The molecule has 0 saturated heterocycles. The fourth-order valence-electron chi connectivity index (χ4n) is 8.42. The smallest absolute Gasteiger partial charge is 0.0468 e. The van der Waals surface area contributed by atoms with Crippen molar-refractivity contribution in [1.29, 1.82) is 0 Å². The molecule has 0 saturated carbocycles. The highest BCUT2D eigenvalue weighted by atomic mass is 15.1. The standard InChI is InChI=1S/C52H46N2/c1-51(2)32-33-52(3,4)50-36-48(30-31-49(50)51)54(47-29-23-38-13-9-11-15-42(38)35-47)45-26-20-40(21-27-45)39-18-24-44(25-19-39)53(43-16-6-5-7-17-43)46-28-22-37-12-8-10-14-41(37)34-46/h5-31,34-36H,32-33H2,1-4H3. The highest BCUT2D eigenvalue weighted by molar-refractivity contribution is 5.91. The van der Waals surface area contributed by atoms with Crippen molar-refractivity contribution in [1.82, 2.24) is 0 Å². The number of hydrogen-bond acceptors (Lipinski definition) is 2. The largest absolute Gasteiger partial charge is 0.310 e. The average molecular weight is 699 g/mol. The molecule has 0 bridgehead atoms. The monoisotopic (exact) mass is 698 g/mol. The first-order valence-corrected chi connectivity index (χ1v) is 19.2. The quantitative estimate of drug-likeness (QED) is 0.163. The Labute approximate surface area is 320 Å². The molecule has 1 aliphatic rings. The minimum Gasteiger partial charge on any atom is -0.310 e. The summed E-state index contributed by atoms with van der Waals surface area (Å²) >= 11 is 0. The summed E-state index contributed by atoms with van der Waals surface area (Å²) in [6, 6.07) is 66.6. The molecule has 0 heterocycles. The van der Waals surface area contributed by atoms with Crippen molar-refractivity contribution >= 4 is 55.7 Å². The van der Waals surface area contributed by atoms with Crippen LogP contribution in [-0.4, -0.2) is 0 Å². The number of para-hydroxylation sites is 1. The third-order valence-corrected chi connectivity index (χ3v) is 11.7. The van der Waals surface area contributed by atoms with E-state index in [1.165, 1.54) is 62.3 Å². The molecule has 2 nitrogen and oxygen atoms in total. The van der Waals surface area contributed by atoms with Gasteiger partial charge in [-0.2, -0.15) is 0 Å². The molecule has 0 spiro atoms. The van der Waals surface area contributed by atoms with Crippen LogP contribution in [0.2, 0.25) is 0 Å². The van der Waals surface area contributed by atoms with Crippen LogP contribution in [0.5, 0.6) is 0 Å². The zero-order valence-electron chi connectivity index (χ0n) is 31.6. The Bertz CT molecular complexity index is 2600. The van der Waals surface area contributed by atoms with Crippen LogP contribution in [0.4, 0.5) is 34.1 Å². The normalized spacial score (nSPS) is 14.4. The fraction of sp³-hybridized carbons (Fsp3) is 0.154. The topological polar surface area (TPSA) is 6.48 Å². The molecule has 2 heteroatoms. The summed E-state index contributed by atoms with van der Waals surface area (Å²) in [4.78, 5) is 4.76. The summed E-state index contributed by atoms with van der Waals surface area (Å²) in [5.41, 5.74) is 12.5. The first kappa shape index (κ1) is 33.7. The van der Waals surface area contributed by atoms with E-state index in [-0.39, 0.29) is 10.8 Å². The highest BCUT2D eigenvalue weighted by Crippen LogP contribution is 2.48. The molecule has 0 N–H and O–H groups in total. The number of anilines is 6. The van der Waals surface area contributed by atoms with Gasteiger partial charge in [0.2, 0.25) is 0 Å². The van der Waals surface area contributed by atoms with Gasteiger partial charge in [-0.15, -0.1) is 0 Å². The molecule has 9 rings (SSSR count). The van der Waals surface area contributed by atoms with Crippen molar-refractivity contribution in [2.45, 2.75) is 51.4 Å². The third-order valence-electron chi connectivity index (χ3n) is 11.7. The van der Waals surface area contributed by atoms with Crippen LogP contribution in [-0.2, 0) is 10.8 Å². The van der Waals surface area contributed by atoms with Gasteiger partial charge in [-0.3, -0.25) is 0 Å². The maximum absolute atomic E-state index is 2.46. The zero-order valence-corrected chi connectivity index (χ0v) is 31.6. The minimum absolute atomic E-state index is 0.121. The van der Waals surface area contributed by atoms with Crippen LogP contribution >= 0.6 is 0 Å². The number of benzene rings is 8. The summed E-state index contributed by atoms with van der Waals surface area (Å²) < 4.78 is 0. The van der Waals surface area contributed by atoms with Gasteiger partial charge in [0.25, 0.3) is 0 Å². The molecule has 0 aromatic heterocycles. The van der Waals surface area contributed by atoms with Crippen molar-refractivity contribution in [3.8, 4) is 11.1 Å². The van der Waals surface area contributed by atoms with Gasteiger partial charge >= 0.3 is 0 Å². The molecule has 0 atom stereocenters. The molecular formula is C52H46N2. The van der Waals surface area contributed by atoms with E-state index in [2.05, 4.69) is 219 Å². The van der Waals surface area contributed by atoms with Gasteiger partial charge < -0.3 is 9.80 Å². The Morgan fingerprint density at radius 1 is 0.315 bits per heavy atom. The molecule has 264 valence electrons. The summed E-state index contributed by atoms with van der Waals surface area (Å²) in [5.74, 6) is 0. The second-order valence-corrected chi connectivity index (χ2v) is 16.2.